The first-order valence-corrected chi connectivity index (χ1v) is 8.82. The maximum absolute atomic E-state index is 12.3. The van der Waals surface area contributed by atoms with Crippen LogP contribution in [0.5, 0.6) is 0 Å². The van der Waals surface area contributed by atoms with Gasteiger partial charge in [-0.15, -0.1) is 0 Å². The van der Waals surface area contributed by atoms with Crippen LogP contribution < -0.4 is 21.3 Å². The van der Waals surface area contributed by atoms with Gasteiger partial charge in [-0.2, -0.15) is 0 Å². The molecule has 1 fully saturated rings. The monoisotopic (exact) mass is 366 g/mol. The Labute approximate surface area is 157 Å². The van der Waals surface area contributed by atoms with Crippen LogP contribution in [0.2, 0.25) is 0 Å². The zero-order valence-corrected chi connectivity index (χ0v) is 15.0. The van der Waals surface area contributed by atoms with E-state index in [9.17, 15) is 14.4 Å². The van der Waals surface area contributed by atoms with Crippen LogP contribution in [-0.4, -0.2) is 30.9 Å². The molecule has 0 aliphatic heterocycles. The Morgan fingerprint density at radius 3 is 2.37 bits per heavy atom. The number of benzene rings is 2. The maximum atomic E-state index is 12.3. The molecule has 0 spiro atoms. The molecule has 7 nitrogen and oxygen atoms in total. The van der Waals surface area contributed by atoms with E-state index in [4.69, 9.17) is 0 Å². The van der Waals surface area contributed by atoms with Gasteiger partial charge in [-0.1, -0.05) is 12.1 Å². The molecular formula is C20H22N4O3. The first kappa shape index (κ1) is 18.4. The van der Waals surface area contributed by atoms with Gasteiger partial charge in [0.1, 0.15) is 0 Å². The van der Waals surface area contributed by atoms with Crippen LogP contribution in [0.4, 0.5) is 10.5 Å². The fourth-order valence-electron chi connectivity index (χ4n) is 2.54. The molecule has 27 heavy (non-hydrogen) atoms. The minimum atomic E-state index is -0.231. The normalized spacial score (nSPS) is 12.8. The molecule has 0 atom stereocenters. The topological polar surface area (TPSA) is 99.3 Å². The van der Waals surface area contributed by atoms with Crippen LogP contribution in [0.25, 0.3) is 0 Å². The van der Waals surface area contributed by atoms with E-state index in [1.807, 2.05) is 6.07 Å². The van der Waals surface area contributed by atoms with Gasteiger partial charge in [0, 0.05) is 36.4 Å². The number of nitrogens with one attached hydrogen (secondary N) is 4. The second-order valence-electron chi connectivity index (χ2n) is 6.41. The maximum Gasteiger partial charge on any atom is 0.319 e. The van der Waals surface area contributed by atoms with Crippen molar-refractivity contribution in [2.45, 2.75) is 25.4 Å². The summed E-state index contributed by atoms with van der Waals surface area (Å²) in [6.07, 6.45) is 2.05. The highest BCUT2D eigenvalue weighted by Crippen LogP contribution is 2.19. The Kier molecular flexibility index (Phi) is 5.71. The lowest BCUT2D eigenvalue weighted by molar-refractivity contribution is 0.0948. The third kappa shape index (κ3) is 5.31. The van der Waals surface area contributed by atoms with Gasteiger partial charge in [-0.3, -0.25) is 9.59 Å². The van der Waals surface area contributed by atoms with E-state index in [0.29, 0.717) is 23.4 Å². The fourth-order valence-corrected chi connectivity index (χ4v) is 2.54. The second kappa shape index (κ2) is 8.35. The number of rotatable bonds is 6. The quantitative estimate of drug-likeness (QED) is 0.631. The number of hydrogen-bond acceptors (Lipinski definition) is 3. The lowest BCUT2D eigenvalue weighted by atomic mass is 10.1. The van der Waals surface area contributed by atoms with Crippen LogP contribution >= 0.6 is 0 Å². The Morgan fingerprint density at radius 1 is 0.963 bits per heavy atom. The summed E-state index contributed by atoms with van der Waals surface area (Å²) in [5, 5.41) is 11.0. The summed E-state index contributed by atoms with van der Waals surface area (Å²) in [6, 6.07) is 13.8. The van der Waals surface area contributed by atoms with Crippen LogP contribution in [0, 0.1) is 0 Å². The van der Waals surface area contributed by atoms with Crippen molar-refractivity contribution in [3.63, 3.8) is 0 Å². The lowest BCUT2D eigenvalue weighted by Gasteiger charge is -2.09. The van der Waals surface area contributed by atoms with E-state index in [-0.39, 0.29) is 23.9 Å². The van der Waals surface area contributed by atoms with Gasteiger partial charge in [0.25, 0.3) is 11.8 Å². The Morgan fingerprint density at radius 2 is 1.70 bits per heavy atom. The molecule has 140 valence electrons. The highest BCUT2D eigenvalue weighted by molar-refractivity contribution is 5.96. The van der Waals surface area contributed by atoms with Gasteiger partial charge < -0.3 is 21.3 Å². The fraction of sp³-hybridized carbons (Fsp3) is 0.250. The predicted octanol–water partition coefficient (Wildman–Crippen LogP) is 2.26. The van der Waals surface area contributed by atoms with Crippen LogP contribution in [0.3, 0.4) is 0 Å². The van der Waals surface area contributed by atoms with Gasteiger partial charge in [0.05, 0.1) is 0 Å². The molecule has 3 rings (SSSR count). The minimum Gasteiger partial charge on any atom is -0.355 e. The second-order valence-corrected chi connectivity index (χ2v) is 6.41. The number of carbonyl (C=O) groups is 3. The minimum absolute atomic E-state index is 0.169. The molecule has 1 aliphatic carbocycles. The Balaban J connectivity index is 1.53. The van der Waals surface area contributed by atoms with E-state index >= 15 is 0 Å². The lowest BCUT2D eigenvalue weighted by Crippen LogP contribution is -2.30. The van der Waals surface area contributed by atoms with Crippen LogP contribution in [0.15, 0.2) is 48.5 Å². The molecule has 0 unspecified atom stereocenters. The highest BCUT2D eigenvalue weighted by Gasteiger charge is 2.23. The Bertz CT molecular complexity index is 845. The molecule has 0 radical (unpaired) electrons. The van der Waals surface area contributed by atoms with Crippen molar-refractivity contribution in [1.82, 2.24) is 16.0 Å². The first-order chi connectivity index (χ1) is 13.0. The standard InChI is InChI=1S/C20H22N4O3/c1-21-18(25)15-4-2-3-13(11-15)12-22-19(26)14-5-7-16(8-6-14)23-20(27)24-17-9-10-17/h2-8,11,17H,9-10,12H2,1H3,(H,21,25)(H,22,26)(H2,23,24,27). The summed E-state index contributed by atoms with van der Waals surface area (Å²) in [6.45, 7) is 0.313. The third-order valence-corrected chi connectivity index (χ3v) is 4.19. The molecule has 1 saturated carbocycles. The van der Waals surface area contributed by atoms with Crippen LogP contribution in [0.1, 0.15) is 39.1 Å². The largest absolute Gasteiger partial charge is 0.355 e. The molecule has 4 N–H and O–H groups in total. The summed E-state index contributed by atoms with van der Waals surface area (Å²) in [5.74, 6) is -0.397. The molecule has 7 heteroatoms. The zero-order valence-electron chi connectivity index (χ0n) is 15.0. The predicted molar refractivity (Wildman–Crippen MR) is 103 cm³/mol. The Hall–Kier alpha value is -3.35. The molecule has 4 amide bonds. The van der Waals surface area contributed by atoms with E-state index in [1.165, 1.54) is 0 Å². The SMILES string of the molecule is CNC(=O)c1cccc(CNC(=O)c2ccc(NC(=O)NC3CC3)cc2)c1. The van der Waals surface area contributed by atoms with Gasteiger partial charge in [0.2, 0.25) is 0 Å². The van der Waals surface area contributed by atoms with Gasteiger partial charge >= 0.3 is 6.03 Å². The smallest absolute Gasteiger partial charge is 0.319 e. The van der Waals surface area contributed by atoms with Crippen molar-refractivity contribution in [3.05, 3.63) is 65.2 Å². The summed E-state index contributed by atoms with van der Waals surface area (Å²) >= 11 is 0. The van der Waals surface area contributed by atoms with Crippen molar-refractivity contribution >= 4 is 23.5 Å². The molecular weight excluding hydrogens is 344 g/mol. The van der Waals surface area contributed by atoms with Crippen molar-refractivity contribution in [3.8, 4) is 0 Å². The molecule has 2 aromatic rings. The third-order valence-electron chi connectivity index (χ3n) is 4.19. The van der Waals surface area contributed by atoms with Crippen molar-refractivity contribution in [1.29, 1.82) is 0 Å². The zero-order chi connectivity index (χ0) is 19.2. The molecule has 1 aliphatic rings. The highest BCUT2D eigenvalue weighted by atomic mass is 16.2. The number of anilines is 1. The molecule has 0 heterocycles. The summed E-state index contributed by atoms with van der Waals surface area (Å²) < 4.78 is 0. The molecule has 0 saturated heterocycles. The van der Waals surface area contributed by atoms with E-state index < -0.39 is 0 Å². The van der Waals surface area contributed by atoms with Gasteiger partial charge in [-0.05, 0) is 54.8 Å². The van der Waals surface area contributed by atoms with Crippen molar-refractivity contribution in [2.24, 2.45) is 0 Å². The van der Waals surface area contributed by atoms with Gasteiger partial charge in [0.15, 0.2) is 0 Å². The summed E-state index contributed by atoms with van der Waals surface area (Å²) in [5.41, 5.74) is 2.50. The number of urea groups is 1. The number of hydrogen-bond donors (Lipinski definition) is 4. The average Bonchev–Trinajstić information content (AvgIpc) is 3.50. The van der Waals surface area contributed by atoms with E-state index in [1.54, 1.807) is 49.5 Å². The number of carbonyl (C=O) groups excluding carboxylic acids is 3. The van der Waals surface area contributed by atoms with Gasteiger partial charge in [-0.25, -0.2) is 4.79 Å². The van der Waals surface area contributed by atoms with E-state index in [0.717, 1.165) is 18.4 Å². The van der Waals surface area contributed by atoms with Crippen molar-refractivity contribution < 1.29 is 14.4 Å². The average molecular weight is 366 g/mol. The summed E-state index contributed by atoms with van der Waals surface area (Å²) in [4.78, 5) is 35.7. The molecule has 0 aromatic heterocycles. The van der Waals surface area contributed by atoms with Crippen molar-refractivity contribution in [2.75, 3.05) is 12.4 Å². The first-order valence-electron chi connectivity index (χ1n) is 8.82. The number of amides is 4. The summed E-state index contributed by atoms with van der Waals surface area (Å²) in [7, 11) is 1.57. The molecule has 2 aromatic carbocycles. The molecule has 0 bridgehead atoms. The van der Waals surface area contributed by atoms with E-state index in [2.05, 4.69) is 21.3 Å². The van der Waals surface area contributed by atoms with Crippen LogP contribution in [-0.2, 0) is 6.54 Å².